The normalized spacial score (nSPS) is 30.3. The summed E-state index contributed by atoms with van der Waals surface area (Å²) < 4.78 is 0. The van der Waals surface area contributed by atoms with Gasteiger partial charge in [0.2, 0.25) is 0 Å². The van der Waals surface area contributed by atoms with Crippen molar-refractivity contribution in [3.05, 3.63) is 0 Å². The molecule has 1 heterocycles. The smallest absolute Gasteiger partial charge is 0.0639 e. The summed E-state index contributed by atoms with van der Waals surface area (Å²) in [6.07, 6.45) is 2.09. The van der Waals surface area contributed by atoms with E-state index in [-0.39, 0.29) is 6.10 Å². The molecule has 0 bridgehead atoms. The van der Waals surface area contributed by atoms with E-state index < -0.39 is 0 Å². The SMILES string of the molecule is C[C@@H](O)CN1CCC[C@@H](N)C1. The number of aliphatic hydroxyl groups excluding tert-OH is 1. The highest BCUT2D eigenvalue weighted by Gasteiger charge is 2.16. The molecule has 0 aromatic rings. The zero-order chi connectivity index (χ0) is 8.27. The Morgan fingerprint density at radius 3 is 3.00 bits per heavy atom. The van der Waals surface area contributed by atoms with Crippen molar-refractivity contribution >= 4 is 0 Å². The van der Waals surface area contributed by atoms with E-state index in [0.29, 0.717) is 6.04 Å². The molecular formula is C8H18N2O. The molecule has 1 fully saturated rings. The van der Waals surface area contributed by atoms with Gasteiger partial charge in [-0.1, -0.05) is 0 Å². The maximum Gasteiger partial charge on any atom is 0.0639 e. The Morgan fingerprint density at radius 2 is 2.45 bits per heavy atom. The van der Waals surface area contributed by atoms with Crippen molar-refractivity contribution in [2.75, 3.05) is 19.6 Å². The molecule has 66 valence electrons. The van der Waals surface area contributed by atoms with Crippen molar-refractivity contribution in [3.63, 3.8) is 0 Å². The third kappa shape index (κ3) is 3.18. The maximum atomic E-state index is 9.11. The molecule has 3 nitrogen and oxygen atoms in total. The van der Waals surface area contributed by atoms with Gasteiger partial charge >= 0.3 is 0 Å². The molecule has 0 spiro atoms. The third-order valence-corrected chi connectivity index (χ3v) is 2.06. The van der Waals surface area contributed by atoms with E-state index in [1.807, 2.05) is 6.92 Å². The van der Waals surface area contributed by atoms with Gasteiger partial charge in [0.1, 0.15) is 0 Å². The molecule has 0 saturated carbocycles. The monoisotopic (exact) mass is 158 g/mol. The van der Waals surface area contributed by atoms with E-state index in [2.05, 4.69) is 4.90 Å². The lowest BCUT2D eigenvalue weighted by molar-refractivity contribution is 0.108. The number of likely N-dealkylation sites (tertiary alicyclic amines) is 1. The molecule has 0 aromatic carbocycles. The van der Waals surface area contributed by atoms with Gasteiger partial charge in [-0.3, -0.25) is 4.90 Å². The molecule has 0 unspecified atom stereocenters. The molecule has 0 radical (unpaired) electrons. The van der Waals surface area contributed by atoms with Crippen molar-refractivity contribution in [2.24, 2.45) is 5.73 Å². The molecule has 0 aliphatic carbocycles. The van der Waals surface area contributed by atoms with Crippen LogP contribution in [0.25, 0.3) is 0 Å². The van der Waals surface area contributed by atoms with Crippen molar-refractivity contribution in [3.8, 4) is 0 Å². The molecule has 0 aromatic heterocycles. The van der Waals surface area contributed by atoms with Crippen LogP contribution >= 0.6 is 0 Å². The second kappa shape index (κ2) is 4.04. The van der Waals surface area contributed by atoms with Crippen molar-refractivity contribution in [1.29, 1.82) is 0 Å². The van der Waals surface area contributed by atoms with Crippen LogP contribution in [0.1, 0.15) is 19.8 Å². The zero-order valence-corrected chi connectivity index (χ0v) is 7.16. The van der Waals surface area contributed by atoms with Crippen LogP contribution in [0.15, 0.2) is 0 Å². The largest absolute Gasteiger partial charge is 0.392 e. The molecular weight excluding hydrogens is 140 g/mol. The Bertz CT molecular complexity index is 115. The number of nitrogens with zero attached hydrogens (tertiary/aromatic N) is 1. The molecule has 3 N–H and O–H groups in total. The third-order valence-electron chi connectivity index (χ3n) is 2.06. The Hall–Kier alpha value is -0.120. The Labute approximate surface area is 68.2 Å². The van der Waals surface area contributed by atoms with E-state index in [0.717, 1.165) is 26.1 Å². The standard InChI is InChI=1S/C8H18N2O/c1-7(11)5-10-4-2-3-8(9)6-10/h7-8,11H,2-6,9H2,1H3/t7-,8-/m1/s1. The molecule has 1 aliphatic rings. The van der Waals surface area contributed by atoms with Crippen molar-refractivity contribution in [1.82, 2.24) is 4.90 Å². The predicted octanol–water partition coefficient (Wildman–Crippen LogP) is -0.210. The van der Waals surface area contributed by atoms with Crippen molar-refractivity contribution in [2.45, 2.75) is 31.9 Å². The fraction of sp³-hybridized carbons (Fsp3) is 1.00. The highest BCUT2D eigenvalue weighted by atomic mass is 16.3. The number of rotatable bonds is 2. The van der Waals surface area contributed by atoms with Crippen molar-refractivity contribution < 1.29 is 5.11 Å². The highest BCUT2D eigenvalue weighted by molar-refractivity contribution is 4.75. The first-order valence-electron chi connectivity index (χ1n) is 4.34. The van der Waals surface area contributed by atoms with Crippen LogP contribution in [0.4, 0.5) is 0 Å². The molecule has 0 amide bonds. The van der Waals surface area contributed by atoms with Crippen LogP contribution < -0.4 is 5.73 Å². The van der Waals surface area contributed by atoms with Gasteiger partial charge in [0.15, 0.2) is 0 Å². The van der Waals surface area contributed by atoms with E-state index in [1.54, 1.807) is 0 Å². The minimum absolute atomic E-state index is 0.222. The first-order valence-corrected chi connectivity index (χ1v) is 4.34. The summed E-state index contributed by atoms with van der Waals surface area (Å²) in [5.41, 5.74) is 5.78. The van der Waals surface area contributed by atoms with Gasteiger partial charge in [-0.05, 0) is 26.3 Å². The summed E-state index contributed by atoms with van der Waals surface area (Å²) in [7, 11) is 0. The Balaban J connectivity index is 2.23. The number of nitrogens with two attached hydrogens (primary N) is 1. The van der Waals surface area contributed by atoms with Gasteiger partial charge < -0.3 is 10.8 Å². The molecule has 3 heteroatoms. The summed E-state index contributed by atoms with van der Waals surface area (Å²) in [4.78, 5) is 2.23. The predicted molar refractivity (Wildman–Crippen MR) is 45.3 cm³/mol. The van der Waals surface area contributed by atoms with E-state index in [1.165, 1.54) is 6.42 Å². The van der Waals surface area contributed by atoms with Gasteiger partial charge in [-0.15, -0.1) is 0 Å². The molecule has 2 atom stereocenters. The molecule has 1 rings (SSSR count). The zero-order valence-electron chi connectivity index (χ0n) is 7.16. The van der Waals surface area contributed by atoms with Gasteiger partial charge in [0.05, 0.1) is 6.10 Å². The molecule has 1 saturated heterocycles. The number of aliphatic hydroxyl groups is 1. The van der Waals surface area contributed by atoms with E-state index in [4.69, 9.17) is 10.8 Å². The average molecular weight is 158 g/mol. The summed E-state index contributed by atoms with van der Waals surface area (Å²) in [6, 6.07) is 0.322. The highest BCUT2D eigenvalue weighted by Crippen LogP contribution is 2.07. The van der Waals surface area contributed by atoms with Crippen LogP contribution in [0.3, 0.4) is 0 Å². The van der Waals surface area contributed by atoms with Crippen LogP contribution in [0, 0.1) is 0 Å². The second-order valence-corrected chi connectivity index (χ2v) is 3.51. The van der Waals surface area contributed by atoms with Crippen LogP contribution in [0.5, 0.6) is 0 Å². The quantitative estimate of drug-likeness (QED) is 0.584. The van der Waals surface area contributed by atoms with Crippen LogP contribution in [-0.2, 0) is 0 Å². The number of hydrogen-bond donors (Lipinski definition) is 2. The van der Waals surface area contributed by atoms with Crippen LogP contribution in [-0.4, -0.2) is 41.8 Å². The summed E-state index contributed by atoms with van der Waals surface area (Å²) in [5, 5.41) is 9.11. The van der Waals surface area contributed by atoms with E-state index in [9.17, 15) is 0 Å². The lowest BCUT2D eigenvalue weighted by Gasteiger charge is -2.31. The minimum atomic E-state index is -0.222. The molecule has 11 heavy (non-hydrogen) atoms. The maximum absolute atomic E-state index is 9.11. The lowest BCUT2D eigenvalue weighted by atomic mass is 10.1. The number of hydrogen-bond acceptors (Lipinski definition) is 3. The Morgan fingerprint density at radius 1 is 1.73 bits per heavy atom. The fourth-order valence-corrected chi connectivity index (χ4v) is 1.63. The lowest BCUT2D eigenvalue weighted by Crippen LogP contribution is -2.45. The van der Waals surface area contributed by atoms with Gasteiger partial charge in [-0.2, -0.15) is 0 Å². The number of β-amino-alcohol motifs (C(OH)–C–C–N with tert-alkyl or cyclic N) is 1. The van der Waals surface area contributed by atoms with E-state index >= 15 is 0 Å². The first-order chi connectivity index (χ1) is 5.18. The van der Waals surface area contributed by atoms with Crippen LogP contribution in [0.2, 0.25) is 0 Å². The van der Waals surface area contributed by atoms with Gasteiger partial charge in [-0.25, -0.2) is 0 Å². The summed E-state index contributed by atoms with van der Waals surface area (Å²) >= 11 is 0. The fourth-order valence-electron chi connectivity index (χ4n) is 1.63. The number of piperidine rings is 1. The first kappa shape index (κ1) is 8.97. The molecule has 1 aliphatic heterocycles. The summed E-state index contributed by atoms with van der Waals surface area (Å²) in [5.74, 6) is 0. The minimum Gasteiger partial charge on any atom is -0.392 e. The average Bonchev–Trinajstić information content (AvgIpc) is 1.85. The van der Waals surface area contributed by atoms with Gasteiger partial charge in [0.25, 0.3) is 0 Å². The Kier molecular flexibility index (Phi) is 3.30. The topological polar surface area (TPSA) is 49.5 Å². The second-order valence-electron chi connectivity index (χ2n) is 3.51. The van der Waals surface area contributed by atoms with Gasteiger partial charge in [0, 0.05) is 19.1 Å². The summed E-state index contributed by atoms with van der Waals surface area (Å²) in [6.45, 7) is 4.64.